The first-order valence-electron chi connectivity index (χ1n) is 6.44. The lowest BCUT2D eigenvalue weighted by Crippen LogP contribution is -2.15. The van der Waals surface area contributed by atoms with E-state index in [1.54, 1.807) is 48.5 Å². The van der Waals surface area contributed by atoms with Gasteiger partial charge in [0.15, 0.2) is 0 Å². The molecule has 0 unspecified atom stereocenters. The van der Waals surface area contributed by atoms with Gasteiger partial charge in [-0.05, 0) is 35.9 Å². The van der Waals surface area contributed by atoms with Gasteiger partial charge in [-0.3, -0.25) is 9.52 Å². The van der Waals surface area contributed by atoms with Crippen molar-refractivity contribution in [1.82, 2.24) is 0 Å². The number of halogens is 1. The Morgan fingerprint density at radius 3 is 2.36 bits per heavy atom. The molecular weight excluding hydrogens is 324 g/mol. The summed E-state index contributed by atoms with van der Waals surface area (Å²) in [6, 6.07) is 13.5. The predicted octanol–water partition coefficient (Wildman–Crippen LogP) is 2.89. The Morgan fingerprint density at radius 1 is 1.09 bits per heavy atom. The number of rotatable bonds is 5. The third-order valence-electron chi connectivity index (χ3n) is 2.73. The van der Waals surface area contributed by atoms with Gasteiger partial charge in [0.05, 0.1) is 18.4 Å². The lowest BCUT2D eigenvalue weighted by atomic mass is 10.1. The first-order valence-corrected chi connectivity index (χ1v) is 8.71. The number of carbonyl (C=O) groups is 1. The minimum absolute atomic E-state index is 0.196. The number of sulfonamides is 1. The molecule has 0 radical (unpaired) electrons. The lowest BCUT2D eigenvalue weighted by molar-refractivity contribution is -0.115. The molecule has 0 aliphatic rings. The Hall–Kier alpha value is -2.05. The van der Waals surface area contributed by atoms with Crippen molar-refractivity contribution in [3.63, 3.8) is 0 Å². The Morgan fingerprint density at radius 2 is 1.73 bits per heavy atom. The van der Waals surface area contributed by atoms with Crippen LogP contribution >= 0.6 is 11.6 Å². The summed E-state index contributed by atoms with van der Waals surface area (Å²) in [4.78, 5) is 12.0. The van der Waals surface area contributed by atoms with Crippen molar-refractivity contribution in [3.05, 3.63) is 59.1 Å². The second-order valence-corrected chi connectivity index (χ2v) is 6.99. The number of hydrogen-bond acceptors (Lipinski definition) is 3. The van der Waals surface area contributed by atoms with E-state index >= 15 is 0 Å². The molecule has 0 bridgehead atoms. The summed E-state index contributed by atoms with van der Waals surface area (Å²) in [5.41, 5.74) is 1.76. The molecular formula is C15H15ClN2O3S. The highest BCUT2D eigenvalue weighted by molar-refractivity contribution is 7.92. The highest BCUT2D eigenvalue weighted by Crippen LogP contribution is 2.17. The molecule has 2 aromatic carbocycles. The SMILES string of the molecule is CS(=O)(=O)Nc1cccc(NC(=O)Cc2ccc(Cl)cc2)c1. The van der Waals surface area contributed by atoms with Crippen LogP contribution in [-0.2, 0) is 21.2 Å². The minimum atomic E-state index is -3.35. The van der Waals surface area contributed by atoms with E-state index < -0.39 is 10.0 Å². The van der Waals surface area contributed by atoms with Crippen LogP contribution in [0.1, 0.15) is 5.56 Å². The van der Waals surface area contributed by atoms with Crippen LogP contribution in [0, 0.1) is 0 Å². The fraction of sp³-hybridized carbons (Fsp3) is 0.133. The number of amides is 1. The molecule has 5 nitrogen and oxygen atoms in total. The Kier molecular flexibility index (Phi) is 5.05. The van der Waals surface area contributed by atoms with Crippen LogP contribution in [-0.4, -0.2) is 20.6 Å². The van der Waals surface area contributed by atoms with Crippen LogP contribution in [0.15, 0.2) is 48.5 Å². The van der Waals surface area contributed by atoms with Crippen molar-refractivity contribution in [2.45, 2.75) is 6.42 Å². The maximum absolute atomic E-state index is 12.0. The van der Waals surface area contributed by atoms with Crippen LogP contribution in [0.25, 0.3) is 0 Å². The summed E-state index contributed by atoms with van der Waals surface area (Å²) < 4.78 is 24.7. The molecule has 2 aromatic rings. The summed E-state index contributed by atoms with van der Waals surface area (Å²) in [7, 11) is -3.35. The first-order chi connectivity index (χ1) is 10.3. The molecule has 0 heterocycles. The fourth-order valence-electron chi connectivity index (χ4n) is 1.87. The Bertz CT molecular complexity index is 774. The minimum Gasteiger partial charge on any atom is -0.326 e. The van der Waals surface area contributed by atoms with E-state index in [0.29, 0.717) is 16.4 Å². The number of nitrogens with one attached hydrogen (secondary N) is 2. The van der Waals surface area contributed by atoms with Gasteiger partial charge in [-0.25, -0.2) is 8.42 Å². The average Bonchev–Trinajstić information content (AvgIpc) is 2.40. The van der Waals surface area contributed by atoms with Crippen LogP contribution in [0.2, 0.25) is 5.02 Å². The molecule has 1 amide bonds. The van der Waals surface area contributed by atoms with Crippen LogP contribution in [0.4, 0.5) is 11.4 Å². The molecule has 0 aromatic heterocycles. The molecule has 22 heavy (non-hydrogen) atoms. The standard InChI is InChI=1S/C15H15ClN2O3S/c1-22(20,21)18-14-4-2-3-13(10-14)17-15(19)9-11-5-7-12(16)8-6-11/h2-8,10,18H,9H2,1H3,(H,17,19). The Labute approximate surface area is 134 Å². The maximum Gasteiger partial charge on any atom is 0.229 e. The smallest absolute Gasteiger partial charge is 0.229 e. The molecule has 116 valence electrons. The van der Waals surface area contributed by atoms with E-state index in [1.165, 1.54) is 0 Å². The molecule has 0 saturated heterocycles. The van der Waals surface area contributed by atoms with Gasteiger partial charge in [0.25, 0.3) is 0 Å². The van der Waals surface area contributed by atoms with Gasteiger partial charge in [-0.1, -0.05) is 29.8 Å². The summed E-state index contributed by atoms with van der Waals surface area (Å²) in [5, 5.41) is 3.34. The topological polar surface area (TPSA) is 75.3 Å². The molecule has 0 atom stereocenters. The molecule has 0 aliphatic heterocycles. The summed E-state index contributed by atoms with van der Waals surface area (Å²) >= 11 is 5.79. The monoisotopic (exact) mass is 338 g/mol. The number of hydrogen-bond donors (Lipinski definition) is 2. The first kappa shape index (κ1) is 16.3. The van der Waals surface area contributed by atoms with Crippen molar-refractivity contribution in [2.24, 2.45) is 0 Å². The van der Waals surface area contributed by atoms with E-state index in [1.807, 2.05) is 0 Å². The average molecular weight is 339 g/mol. The van der Waals surface area contributed by atoms with Crippen molar-refractivity contribution in [1.29, 1.82) is 0 Å². The highest BCUT2D eigenvalue weighted by Gasteiger charge is 2.06. The summed E-state index contributed by atoms with van der Waals surface area (Å²) in [6.45, 7) is 0. The number of benzene rings is 2. The van der Waals surface area contributed by atoms with Gasteiger partial charge < -0.3 is 5.32 Å². The molecule has 0 spiro atoms. The zero-order valence-corrected chi connectivity index (χ0v) is 13.4. The van der Waals surface area contributed by atoms with Crippen molar-refractivity contribution in [3.8, 4) is 0 Å². The van der Waals surface area contributed by atoms with Gasteiger partial charge in [0.2, 0.25) is 15.9 Å². The van der Waals surface area contributed by atoms with E-state index in [2.05, 4.69) is 10.0 Å². The third kappa shape index (κ3) is 5.38. The van der Waals surface area contributed by atoms with Crippen LogP contribution in [0.3, 0.4) is 0 Å². The Balaban J connectivity index is 2.02. The quantitative estimate of drug-likeness (QED) is 0.880. The van der Waals surface area contributed by atoms with Gasteiger partial charge in [-0.15, -0.1) is 0 Å². The van der Waals surface area contributed by atoms with Gasteiger partial charge in [-0.2, -0.15) is 0 Å². The normalized spacial score (nSPS) is 11.0. The van der Waals surface area contributed by atoms with Gasteiger partial charge in [0, 0.05) is 10.7 Å². The van der Waals surface area contributed by atoms with Crippen molar-refractivity contribution in [2.75, 3.05) is 16.3 Å². The molecule has 0 saturated carbocycles. The van der Waals surface area contributed by atoms with Crippen molar-refractivity contribution >= 4 is 38.9 Å². The second-order valence-electron chi connectivity index (χ2n) is 4.81. The molecule has 2 N–H and O–H groups in total. The summed E-state index contributed by atoms with van der Waals surface area (Å²) in [6.07, 6.45) is 1.28. The van der Waals surface area contributed by atoms with Crippen molar-refractivity contribution < 1.29 is 13.2 Å². The third-order valence-corrected chi connectivity index (χ3v) is 3.59. The highest BCUT2D eigenvalue weighted by atomic mass is 35.5. The van der Waals surface area contributed by atoms with Gasteiger partial charge in [0.1, 0.15) is 0 Å². The van der Waals surface area contributed by atoms with E-state index in [9.17, 15) is 13.2 Å². The molecule has 0 aliphatic carbocycles. The molecule has 0 fully saturated rings. The van der Waals surface area contributed by atoms with E-state index in [4.69, 9.17) is 11.6 Å². The fourth-order valence-corrected chi connectivity index (χ4v) is 2.55. The molecule has 7 heteroatoms. The second kappa shape index (κ2) is 6.81. The summed E-state index contributed by atoms with van der Waals surface area (Å²) in [5.74, 6) is -0.196. The maximum atomic E-state index is 12.0. The zero-order chi connectivity index (χ0) is 16.2. The van der Waals surface area contributed by atoms with E-state index in [0.717, 1.165) is 11.8 Å². The van der Waals surface area contributed by atoms with Gasteiger partial charge >= 0.3 is 0 Å². The van der Waals surface area contributed by atoms with Crippen LogP contribution < -0.4 is 10.0 Å². The zero-order valence-electron chi connectivity index (χ0n) is 11.8. The largest absolute Gasteiger partial charge is 0.326 e. The molecule has 2 rings (SSSR count). The predicted molar refractivity (Wildman–Crippen MR) is 88.7 cm³/mol. The lowest BCUT2D eigenvalue weighted by Gasteiger charge is -2.08. The number of anilines is 2. The van der Waals surface area contributed by atoms with Crippen LogP contribution in [0.5, 0.6) is 0 Å². The van der Waals surface area contributed by atoms with E-state index in [-0.39, 0.29) is 12.3 Å². The number of carbonyl (C=O) groups excluding carboxylic acids is 1.